The molecule has 0 N–H and O–H groups in total. The van der Waals surface area contributed by atoms with Crippen molar-refractivity contribution in [1.29, 1.82) is 0 Å². The molecule has 7 nitrogen and oxygen atoms in total. The zero-order valence-corrected chi connectivity index (χ0v) is 12.9. The molecule has 7 heteroatoms. The van der Waals surface area contributed by atoms with Gasteiger partial charge in [-0.05, 0) is 26.7 Å². The molecule has 0 unspecified atom stereocenters. The average molecular weight is 307 g/mol. The minimum absolute atomic E-state index is 0.0463. The highest BCUT2D eigenvalue weighted by Crippen LogP contribution is 2.25. The van der Waals surface area contributed by atoms with Gasteiger partial charge in [-0.2, -0.15) is 0 Å². The van der Waals surface area contributed by atoms with Crippen LogP contribution < -0.4 is 5.56 Å². The van der Waals surface area contributed by atoms with E-state index in [1.807, 2.05) is 18.7 Å². The molecule has 0 spiro atoms. The Morgan fingerprint density at radius 3 is 2.59 bits per heavy atom. The molecule has 1 aromatic heterocycles. The van der Waals surface area contributed by atoms with Crippen LogP contribution in [0.3, 0.4) is 0 Å². The minimum Gasteiger partial charge on any atom is -0.336 e. The number of nitro groups is 1. The smallest absolute Gasteiger partial charge is 0.285 e. The van der Waals surface area contributed by atoms with E-state index in [-0.39, 0.29) is 30.2 Å². The number of pyridine rings is 1. The van der Waals surface area contributed by atoms with Crippen LogP contribution in [0.5, 0.6) is 0 Å². The predicted octanol–water partition coefficient (Wildman–Crippen LogP) is 1.94. The molecule has 1 aliphatic rings. The average Bonchev–Trinajstić information content (AvgIpc) is 2.94. The first-order chi connectivity index (χ1) is 10.4. The molecule has 0 aliphatic heterocycles. The van der Waals surface area contributed by atoms with E-state index >= 15 is 0 Å². The summed E-state index contributed by atoms with van der Waals surface area (Å²) in [5, 5.41) is 10.8. The highest BCUT2D eigenvalue weighted by Gasteiger charge is 2.28. The number of hydrogen-bond donors (Lipinski definition) is 0. The number of carbonyl (C=O) groups excluding carboxylic acids is 1. The molecule has 1 saturated carbocycles. The van der Waals surface area contributed by atoms with Gasteiger partial charge >= 0.3 is 0 Å². The van der Waals surface area contributed by atoms with E-state index in [2.05, 4.69) is 0 Å². The predicted molar refractivity (Wildman–Crippen MR) is 81.6 cm³/mol. The van der Waals surface area contributed by atoms with Crippen molar-refractivity contribution in [1.82, 2.24) is 9.47 Å². The third kappa shape index (κ3) is 3.52. The Hall–Kier alpha value is -2.18. The largest absolute Gasteiger partial charge is 0.336 e. The van der Waals surface area contributed by atoms with Gasteiger partial charge in [0.2, 0.25) is 5.91 Å². The van der Waals surface area contributed by atoms with Crippen molar-refractivity contribution in [3.8, 4) is 0 Å². The molecule has 1 aromatic rings. The van der Waals surface area contributed by atoms with Gasteiger partial charge in [0, 0.05) is 24.2 Å². The van der Waals surface area contributed by atoms with Gasteiger partial charge in [0.25, 0.3) is 11.2 Å². The maximum absolute atomic E-state index is 12.6. The fourth-order valence-corrected chi connectivity index (χ4v) is 3.07. The fraction of sp³-hybridized carbons (Fsp3) is 0.600. The van der Waals surface area contributed by atoms with Gasteiger partial charge in [-0.1, -0.05) is 12.8 Å². The molecule has 1 fully saturated rings. The van der Waals surface area contributed by atoms with E-state index in [1.165, 1.54) is 0 Å². The van der Waals surface area contributed by atoms with Crippen molar-refractivity contribution in [3.63, 3.8) is 0 Å². The zero-order valence-electron chi connectivity index (χ0n) is 12.9. The first-order valence-electron chi connectivity index (χ1n) is 7.56. The summed E-state index contributed by atoms with van der Waals surface area (Å²) in [6.45, 7) is 3.74. The first kappa shape index (κ1) is 16.2. The normalized spacial score (nSPS) is 15.2. The van der Waals surface area contributed by atoms with Crippen molar-refractivity contribution >= 4 is 11.6 Å². The van der Waals surface area contributed by atoms with E-state index in [0.29, 0.717) is 0 Å². The lowest BCUT2D eigenvalue weighted by Crippen LogP contribution is -2.46. The van der Waals surface area contributed by atoms with Crippen LogP contribution in [0.25, 0.3) is 0 Å². The second-order valence-corrected chi connectivity index (χ2v) is 5.94. The van der Waals surface area contributed by atoms with E-state index < -0.39 is 10.5 Å². The number of rotatable bonds is 5. The summed E-state index contributed by atoms with van der Waals surface area (Å²) in [7, 11) is 0. The van der Waals surface area contributed by atoms with Crippen LogP contribution in [0.15, 0.2) is 23.1 Å². The topological polar surface area (TPSA) is 85.4 Å². The second-order valence-electron chi connectivity index (χ2n) is 5.94. The van der Waals surface area contributed by atoms with Gasteiger partial charge in [-0.3, -0.25) is 24.3 Å². The quantitative estimate of drug-likeness (QED) is 0.614. The van der Waals surface area contributed by atoms with Crippen molar-refractivity contribution in [2.45, 2.75) is 58.2 Å². The molecule has 1 heterocycles. The maximum atomic E-state index is 12.6. The highest BCUT2D eigenvalue weighted by molar-refractivity contribution is 5.76. The first-order valence-corrected chi connectivity index (χ1v) is 7.56. The zero-order chi connectivity index (χ0) is 16.3. The summed E-state index contributed by atoms with van der Waals surface area (Å²) in [6, 6.07) is 2.54. The van der Waals surface area contributed by atoms with Crippen LogP contribution in [0.2, 0.25) is 0 Å². The Kier molecular flexibility index (Phi) is 4.95. The number of hydrogen-bond acceptors (Lipinski definition) is 4. The molecule has 1 aliphatic carbocycles. The van der Waals surface area contributed by atoms with Crippen LogP contribution in [0.1, 0.15) is 39.5 Å². The third-order valence-corrected chi connectivity index (χ3v) is 4.05. The molecule has 0 aromatic carbocycles. The van der Waals surface area contributed by atoms with Crippen LogP contribution in [-0.2, 0) is 11.3 Å². The Morgan fingerprint density at radius 2 is 2.05 bits per heavy atom. The lowest BCUT2D eigenvalue weighted by atomic mass is 10.1. The molecule has 1 amide bonds. The third-order valence-electron chi connectivity index (χ3n) is 4.05. The Morgan fingerprint density at radius 1 is 1.41 bits per heavy atom. The lowest BCUT2D eigenvalue weighted by molar-refractivity contribution is -0.385. The summed E-state index contributed by atoms with van der Waals surface area (Å²) < 4.78 is 1.12. The molecule has 0 saturated heterocycles. The van der Waals surface area contributed by atoms with Crippen molar-refractivity contribution in [2.75, 3.05) is 0 Å². The van der Waals surface area contributed by atoms with Crippen molar-refractivity contribution in [3.05, 3.63) is 38.8 Å². The van der Waals surface area contributed by atoms with Gasteiger partial charge in [-0.15, -0.1) is 0 Å². The van der Waals surface area contributed by atoms with Crippen molar-refractivity contribution < 1.29 is 9.72 Å². The number of nitrogens with zero attached hydrogens (tertiary/aromatic N) is 3. The molecule has 0 radical (unpaired) electrons. The van der Waals surface area contributed by atoms with Gasteiger partial charge in [-0.25, -0.2) is 0 Å². The Bertz CT molecular complexity index is 617. The summed E-state index contributed by atoms with van der Waals surface area (Å²) in [4.78, 5) is 36.4. The molecule has 0 bridgehead atoms. The van der Waals surface area contributed by atoms with Crippen LogP contribution >= 0.6 is 0 Å². The van der Waals surface area contributed by atoms with Crippen LogP contribution in [0, 0.1) is 10.1 Å². The number of aromatic nitrogens is 1. The number of carbonyl (C=O) groups is 1. The lowest BCUT2D eigenvalue weighted by Gasteiger charge is -2.33. The van der Waals surface area contributed by atoms with Crippen LogP contribution in [0.4, 0.5) is 5.69 Å². The van der Waals surface area contributed by atoms with Gasteiger partial charge in [0.05, 0.1) is 11.1 Å². The summed E-state index contributed by atoms with van der Waals surface area (Å²) in [5.41, 5.74) is -0.599. The Labute approximate surface area is 128 Å². The van der Waals surface area contributed by atoms with Gasteiger partial charge in [0.15, 0.2) is 0 Å². The standard InChI is InChI=1S/C15H21N3O4/c1-11(2)17(12-5-3-4-6-12)15(20)10-16-9-13(18(21)22)7-8-14(16)19/h7-9,11-12H,3-6,10H2,1-2H3. The maximum Gasteiger partial charge on any atom is 0.285 e. The van der Waals surface area contributed by atoms with E-state index in [9.17, 15) is 19.7 Å². The van der Waals surface area contributed by atoms with Gasteiger partial charge in [0.1, 0.15) is 6.54 Å². The van der Waals surface area contributed by atoms with E-state index in [4.69, 9.17) is 0 Å². The van der Waals surface area contributed by atoms with E-state index in [0.717, 1.165) is 48.6 Å². The minimum atomic E-state index is -0.572. The number of amides is 1. The molecule has 22 heavy (non-hydrogen) atoms. The Balaban J connectivity index is 2.21. The summed E-state index contributed by atoms with van der Waals surface area (Å²) in [5.74, 6) is -0.163. The molecular weight excluding hydrogens is 286 g/mol. The van der Waals surface area contributed by atoms with E-state index in [1.54, 1.807) is 0 Å². The molecule has 2 rings (SSSR count). The van der Waals surface area contributed by atoms with Crippen LogP contribution in [-0.4, -0.2) is 32.4 Å². The second kappa shape index (κ2) is 6.72. The highest BCUT2D eigenvalue weighted by atomic mass is 16.6. The SMILES string of the molecule is CC(C)N(C(=O)Cn1cc([N+](=O)[O-])ccc1=O)C1CCCC1. The summed E-state index contributed by atoms with van der Waals surface area (Å²) in [6.07, 6.45) is 5.31. The van der Waals surface area contributed by atoms with Crippen molar-refractivity contribution in [2.24, 2.45) is 0 Å². The fourth-order valence-electron chi connectivity index (χ4n) is 3.07. The summed E-state index contributed by atoms with van der Waals surface area (Å²) >= 11 is 0. The molecular formula is C15H21N3O4. The van der Waals surface area contributed by atoms with Gasteiger partial charge < -0.3 is 4.90 Å². The molecule has 0 atom stereocenters. The molecule has 120 valence electrons. The monoisotopic (exact) mass is 307 g/mol.